The van der Waals surface area contributed by atoms with Crippen molar-refractivity contribution < 1.29 is 17.9 Å². The average Bonchev–Trinajstić information content (AvgIpc) is 2.74. The topological polar surface area (TPSA) is 63.7 Å². The molecule has 0 aliphatic rings. The highest BCUT2D eigenvalue weighted by Gasteiger charge is 2.17. The smallest absolute Gasteiger partial charge is 0.253 e. The highest BCUT2D eigenvalue weighted by molar-refractivity contribution is 7.90. The molecule has 0 unspecified atom stereocenters. The van der Waals surface area contributed by atoms with E-state index < -0.39 is 9.84 Å². The van der Waals surface area contributed by atoms with Gasteiger partial charge in [0.25, 0.3) is 5.91 Å². The molecular formula is C23H22ClNO4S. The van der Waals surface area contributed by atoms with Crippen LogP contribution in [0.5, 0.6) is 5.75 Å². The van der Waals surface area contributed by atoms with Gasteiger partial charge in [-0.25, -0.2) is 8.42 Å². The van der Waals surface area contributed by atoms with Gasteiger partial charge in [-0.15, -0.1) is 0 Å². The van der Waals surface area contributed by atoms with E-state index in [-0.39, 0.29) is 16.6 Å². The quantitative estimate of drug-likeness (QED) is 0.535. The number of carbonyl (C=O) groups is 1. The molecule has 3 rings (SSSR count). The van der Waals surface area contributed by atoms with Gasteiger partial charge in [0.15, 0.2) is 9.84 Å². The second-order valence-corrected chi connectivity index (χ2v) is 9.31. The lowest BCUT2D eigenvalue weighted by atomic mass is 10.1. The molecule has 7 heteroatoms. The lowest BCUT2D eigenvalue weighted by Gasteiger charge is -2.19. The van der Waals surface area contributed by atoms with E-state index in [0.29, 0.717) is 28.4 Å². The summed E-state index contributed by atoms with van der Waals surface area (Å²) in [6.07, 6.45) is 0. The molecule has 0 aliphatic carbocycles. The van der Waals surface area contributed by atoms with Crippen LogP contribution in [0.4, 0.5) is 0 Å². The molecule has 0 radical (unpaired) electrons. The van der Waals surface area contributed by atoms with Crippen LogP contribution in [-0.2, 0) is 22.1 Å². The molecule has 0 saturated heterocycles. The first kappa shape index (κ1) is 21.9. The van der Waals surface area contributed by atoms with Crippen LogP contribution in [0.2, 0.25) is 5.02 Å². The van der Waals surface area contributed by atoms with Gasteiger partial charge in [0.1, 0.15) is 5.75 Å². The van der Waals surface area contributed by atoms with Crippen molar-refractivity contribution in [2.45, 2.75) is 17.2 Å². The molecule has 5 nitrogen and oxygen atoms in total. The molecular weight excluding hydrogens is 422 g/mol. The van der Waals surface area contributed by atoms with Crippen LogP contribution in [0.25, 0.3) is 0 Å². The molecule has 0 N–H and O–H groups in total. The van der Waals surface area contributed by atoms with Crippen LogP contribution < -0.4 is 4.74 Å². The predicted molar refractivity (Wildman–Crippen MR) is 118 cm³/mol. The van der Waals surface area contributed by atoms with Crippen molar-refractivity contribution in [3.8, 4) is 5.75 Å². The maximum atomic E-state index is 12.8. The maximum absolute atomic E-state index is 12.8. The van der Waals surface area contributed by atoms with Crippen molar-refractivity contribution in [2.24, 2.45) is 0 Å². The monoisotopic (exact) mass is 443 g/mol. The third-order valence-corrected chi connectivity index (χ3v) is 6.60. The average molecular weight is 444 g/mol. The number of benzene rings is 3. The summed E-state index contributed by atoms with van der Waals surface area (Å²) in [5.41, 5.74) is 1.89. The van der Waals surface area contributed by atoms with Crippen LogP contribution in [0, 0.1) is 0 Å². The third kappa shape index (κ3) is 5.20. The SMILES string of the molecule is COc1ccc(Cl)cc1CN(C)C(=O)c1ccc(CS(=O)(=O)c2ccccc2)cc1. The van der Waals surface area contributed by atoms with Crippen LogP contribution in [0.15, 0.2) is 77.7 Å². The maximum Gasteiger partial charge on any atom is 0.253 e. The second kappa shape index (κ2) is 9.32. The summed E-state index contributed by atoms with van der Waals surface area (Å²) in [6.45, 7) is 0.326. The van der Waals surface area contributed by atoms with Crippen LogP contribution in [0.3, 0.4) is 0 Å². The van der Waals surface area contributed by atoms with Gasteiger partial charge in [0.2, 0.25) is 0 Å². The molecule has 0 fully saturated rings. The molecule has 0 bridgehead atoms. The lowest BCUT2D eigenvalue weighted by Crippen LogP contribution is -2.26. The number of hydrogen-bond acceptors (Lipinski definition) is 4. The number of sulfone groups is 1. The summed E-state index contributed by atoms with van der Waals surface area (Å²) in [4.78, 5) is 14.6. The molecule has 0 saturated carbocycles. The van der Waals surface area contributed by atoms with Gasteiger partial charge in [0, 0.05) is 29.7 Å². The van der Waals surface area contributed by atoms with Crippen molar-refractivity contribution in [3.63, 3.8) is 0 Å². The van der Waals surface area contributed by atoms with E-state index in [1.165, 1.54) is 0 Å². The summed E-state index contributed by atoms with van der Waals surface area (Å²) in [5.74, 6) is 0.344. The molecule has 30 heavy (non-hydrogen) atoms. The fraction of sp³-hybridized carbons (Fsp3) is 0.174. The molecule has 0 atom stereocenters. The number of amides is 1. The Morgan fingerprint density at radius 3 is 2.30 bits per heavy atom. The normalized spacial score (nSPS) is 11.2. The molecule has 0 aromatic heterocycles. The Balaban J connectivity index is 1.71. The molecule has 156 valence electrons. The van der Waals surface area contributed by atoms with Gasteiger partial charge in [-0.1, -0.05) is 41.9 Å². The van der Waals surface area contributed by atoms with E-state index in [0.717, 1.165) is 5.56 Å². The van der Waals surface area contributed by atoms with Gasteiger partial charge in [-0.05, 0) is 48.0 Å². The van der Waals surface area contributed by atoms with Crippen molar-refractivity contribution in [2.75, 3.05) is 14.2 Å². The minimum atomic E-state index is -3.44. The number of ether oxygens (including phenoxy) is 1. The lowest BCUT2D eigenvalue weighted by molar-refractivity contribution is 0.0784. The minimum absolute atomic E-state index is 0.124. The Hall–Kier alpha value is -2.83. The zero-order chi connectivity index (χ0) is 21.7. The number of carbonyl (C=O) groups excluding carboxylic acids is 1. The van der Waals surface area contributed by atoms with Gasteiger partial charge in [-0.2, -0.15) is 0 Å². The first-order valence-corrected chi connectivity index (χ1v) is 11.3. The van der Waals surface area contributed by atoms with E-state index in [4.69, 9.17) is 16.3 Å². The Kier molecular flexibility index (Phi) is 6.80. The van der Waals surface area contributed by atoms with Gasteiger partial charge in [-0.3, -0.25) is 4.79 Å². The highest BCUT2D eigenvalue weighted by Crippen LogP contribution is 2.24. The van der Waals surface area contributed by atoms with Gasteiger partial charge in [0.05, 0.1) is 17.8 Å². The zero-order valence-corrected chi connectivity index (χ0v) is 18.3. The van der Waals surface area contributed by atoms with Gasteiger partial charge >= 0.3 is 0 Å². The van der Waals surface area contributed by atoms with Crippen LogP contribution in [0.1, 0.15) is 21.5 Å². The highest BCUT2D eigenvalue weighted by atomic mass is 35.5. The summed E-state index contributed by atoms with van der Waals surface area (Å²) in [6, 6.07) is 20.2. The van der Waals surface area contributed by atoms with E-state index in [1.54, 1.807) is 91.9 Å². The summed E-state index contributed by atoms with van der Waals surface area (Å²) >= 11 is 6.06. The first-order valence-electron chi connectivity index (χ1n) is 9.25. The van der Waals surface area contributed by atoms with E-state index in [9.17, 15) is 13.2 Å². The van der Waals surface area contributed by atoms with E-state index in [1.807, 2.05) is 0 Å². The molecule has 1 amide bonds. The Labute approximate surface area is 181 Å². The summed E-state index contributed by atoms with van der Waals surface area (Å²) in [5, 5.41) is 0.565. The Bertz CT molecular complexity index is 1130. The van der Waals surface area contributed by atoms with Crippen molar-refractivity contribution in [1.82, 2.24) is 4.90 Å². The molecule has 3 aromatic carbocycles. The number of rotatable bonds is 7. The number of nitrogens with zero attached hydrogens (tertiary/aromatic N) is 1. The summed E-state index contributed by atoms with van der Waals surface area (Å²) < 4.78 is 30.4. The van der Waals surface area contributed by atoms with Crippen molar-refractivity contribution in [3.05, 3.63) is 94.5 Å². The van der Waals surface area contributed by atoms with Crippen LogP contribution >= 0.6 is 11.6 Å². The molecule has 3 aromatic rings. The fourth-order valence-electron chi connectivity index (χ4n) is 3.09. The molecule has 0 aliphatic heterocycles. The fourth-order valence-corrected chi connectivity index (χ4v) is 4.66. The third-order valence-electron chi connectivity index (χ3n) is 4.66. The Morgan fingerprint density at radius 1 is 1.00 bits per heavy atom. The summed E-state index contributed by atoms with van der Waals surface area (Å²) in [7, 11) is -0.180. The number of halogens is 1. The molecule has 0 heterocycles. The van der Waals surface area contributed by atoms with Crippen LogP contribution in [-0.4, -0.2) is 33.4 Å². The molecule has 0 spiro atoms. The number of methoxy groups -OCH3 is 1. The predicted octanol–water partition coefficient (Wildman–Crippen LogP) is 4.59. The minimum Gasteiger partial charge on any atom is -0.496 e. The second-order valence-electron chi connectivity index (χ2n) is 6.89. The largest absolute Gasteiger partial charge is 0.496 e. The number of hydrogen-bond donors (Lipinski definition) is 0. The van der Waals surface area contributed by atoms with Crippen molar-refractivity contribution >= 4 is 27.3 Å². The van der Waals surface area contributed by atoms with Crippen molar-refractivity contribution in [1.29, 1.82) is 0 Å². The first-order chi connectivity index (χ1) is 14.3. The zero-order valence-electron chi connectivity index (χ0n) is 16.7. The Morgan fingerprint density at radius 2 is 1.67 bits per heavy atom. The van der Waals surface area contributed by atoms with E-state index >= 15 is 0 Å². The standard InChI is InChI=1S/C23H22ClNO4S/c1-25(15-19-14-20(24)12-13-22(19)29-2)23(26)18-10-8-17(9-11-18)16-30(27,28)21-6-4-3-5-7-21/h3-14H,15-16H2,1-2H3. The van der Waals surface area contributed by atoms with Gasteiger partial charge < -0.3 is 9.64 Å². The van der Waals surface area contributed by atoms with E-state index in [2.05, 4.69) is 0 Å².